The Hall–Kier alpha value is -3.25. The maximum absolute atomic E-state index is 14.5. The summed E-state index contributed by atoms with van der Waals surface area (Å²) in [7, 11) is 0. The molecule has 0 saturated heterocycles. The number of aryl methyl sites for hydroxylation is 1. The summed E-state index contributed by atoms with van der Waals surface area (Å²) in [5.41, 5.74) is 2.80. The van der Waals surface area contributed by atoms with Crippen LogP contribution in [0.5, 0.6) is 5.75 Å². The molecule has 1 aromatic heterocycles. The van der Waals surface area contributed by atoms with Crippen LogP contribution in [0.2, 0.25) is 0 Å². The van der Waals surface area contributed by atoms with Crippen LogP contribution in [0.25, 0.3) is 0 Å². The predicted molar refractivity (Wildman–Crippen MR) is 122 cm³/mol. The summed E-state index contributed by atoms with van der Waals surface area (Å²) in [6.07, 6.45) is 5.32. The van der Waals surface area contributed by atoms with Crippen LogP contribution in [0.15, 0.2) is 73.1 Å². The lowest BCUT2D eigenvalue weighted by atomic mass is 10.1. The lowest BCUT2D eigenvalue weighted by Gasteiger charge is -2.24. The van der Waals surface area contributed by atoms with Crippen molar-refractivity contribution in [1.29, 1.82) is 0 Å². The Bertz CT molecular complexity index is 1030. The van der Waals surface area contributed by atoms with E-state index >= 15 is 0 Å². The number of hydrogen-bond donors (Lipinski definition) is 1. The van der Waals surface area contributed by atoms with Gasteiger partial charge in [-0.05, 0) is 42.7 Å². The highest BCUT2D eigenvalue weighted by atomic mass is 19.1. The van der Waals surface area contributed by atoms with Gasteiger partial charge in [0.05, 0.1) is 0 Å². The Morgan fingerprint density at radius 3 is 2.72 bits per heavy atom. The summed E-state index contributed by atoms with van der Waals surface area (Å²) in [5.74, 6) is 0.521. The molecule has 32 heavy (non-hydrogen) atoms. The molecule has 1 amide bonds. The third kappa shape index (κ3) is 5.92. The third-order valence-corrected chi connectivity index (χ3v) is 5.68. The zero-order valence-corrected chi connectivity index (χ0v) is 18.0. The van der Waals surface area contributed by atoms with Gasteiger partial charge < -0.3 is 10.1 Å². The SMILES string of the molecule is O=C(CCN1Cc2ccccc2O[C@H](c2ccccc2F)C1)NCCCc1ccncc1. The number of halogens is 1. The fraction of sp³-hybridized carbons (Fsp3) is 0.308. The molecule has 4 rings (SSSR count). The number of fused-ring (bicyclic) bond motifs is 1. The van der Waals surface area contributed by atoms with E-state index in [0.29, 0.717) is 38.2 Å². The molecule has 166 valence electrons. The number of nitrogens with one attached hydrogen (secondary N) is 1. The van der Waals surface area contributed by atoms with Crippen molar-refractivity contribution in [3.8, 4) is 5.75 Å². The fourth-order valence-corrected chi connectivity index (χ4v) is 3.97. The van der Waals surface area contributed by atoms with Crippen LogP contribution < -0.4 is 10.1 Å². The molecule has 3 aromatic rings. The van der Waals surface area contributed by atoms with Crippen LogP contribution in [0.3, 0.4) is 0 Å². The minimum Gasteiger partial charge on any atom is -0.484 e. The van der Waals surface area contributed by atoms with Crippen LogP contribution in [0, 0.1) is 5.82 Å². The van der Waals surface area contributed by atoms with E-state index in [1.54, 1.807) is 24.5 Å². The first-order valence-corrected chi connectivity index (χ1v) is 11.1. The molecule has 0 fully saturated rings. The summed E-state index contributed by atoms with van der Waals surface area (Å²) >= 11 is 0. The molecule has 2 aromatic carbocycles. The van der Waals surface area contributed by atoms with Crippen molar-refractivity contribution >= 4 is 5.91 Å². The number of ether oxygens (including phenoxy) is 1. The number of benzene rings is 2. The maximum atomic E-state index is 14.5. The monoisotopic (exact) mass is 433 g/mol. The number of carbonyl (C=O) groups excluding carboxylic acids is 1. The van der Waals surface area contributed by atoms with E-state index in [1.807, 2.05) is 42.5 Å². The summed E-state index contributed by atoms with van der Waals surface area (Å²) in [5, 5.41) is 3.01. The quantitative estimate of drug-likeness (QED) is 0.539. The van der Waals surface area contributed by atoms with Crippen molar-refractivity contribution in [2.45, 2.75) is 31.9 Å². The highest BCUT2D eigenvalue weighted by molar-refractivity contribution is 5.76. The van der Waals surface area contributed by atoms with E-state index in [9.17, 15) is 9.18 Å². The average Bonchev–Trinajstić information content (AvgIpc) is 3.01. The van der Waals surface area contributed by atoms with Gasteiger partial charge in [0.25, 0.3) is 0 Å². The Labute approximate surface area is 188 Å². The highest BCUT2D eigenvalue weighted by Gasteiger charge is 2.26. The molecule has 0 spiro atoms. The van der Waals surface area contributed by atoms with Gasteiger partial charge in [-0.1, -0.05) is 36.4 Å². The largest absolute Gasteiger partial charge is 0.484 e. The fourth-order valence-electron chi connectivity index (χ4n) is 3.97. The molecule has 0 unspecified atom stereocenters. The van der Waals surface area contributed by atoms with Crippen LogP contribution in [-0.2, 0) is 17.8 Å². The van der Waals surface area contributed by atoms with Gasteiger partial charge >= 0.3 is 0 Å². The lowest BCUT2D eigenvalue weighted by Crippen LogP contribution is -2.33. The van der Waals surface area contributed by atoms with Crippen molar-refractivity contribution in [3.05, 3.63) is 95.6 Å². The average molecular weight is 434 g/mol. The van der Waals surface area contributed by atoms with Gasteiger partial charge in [-0.25, -0.2) is 4.39 Å². The number of amides is 1. The lowest BCUT2D eigenvalue weighted by molar-refractivity contribution is -0.121. The molecule has 1 aliphatic heterocycles. The molecule has 0 radical (unpaired) electrons. The standard InChI is InChI=1S/C26H28FN3O2/c27-23-9-3-2-8-22(23)25-19-30(18-21-7-1-4-10-24(21)32-25)17-13-26(31)29-14-5-6-20-11-15-28-16-12-20/h1-4,7-12,15-16,25H,5-6,13-14,17-19H2,(H,29,31)/t25-/m0/s1. The highest BCUT2D eigenvalue weighted by Crippen LogP contribution is 2.32. The minimum absolute atomic E-state index is 0.0284. The van der Waals surface area contributed by atoms with E-state index in [-0.39, 0.29) is 11.7 Å². The van der Waals surface area contributed by atoms with Crippen molar-refractivity contribution in [2.75, 3.05) is 19.6 Å². The summed E-state index contributed by atoms with van der Waals surface area (Å²) in [6, 6.07) is 18.5. The zero-order chi connectivity index (χ0) is 22.2. The van der Waals surface area contributed by atoms with Crippen molar-refractivity contribution in [2.24, 2.45) is 0 Å². The van der Waals surface area contributed by atoms with Gasteiger partial charge in [-0.15, -0.1) is 0 Å². The second-order valence-electron chi connectivity index (χ2n) is 8.03. The number of para-hydroxylation sites is 1. The smallest absolute Gasteiger partial charge is 0.221 e. The molecule has 0 saturated carbocycles. The van der Waals surface area contributed by atoms with E-state index < -0.39 is 6.10 Å². The maximum Gasteiger partial charge on any atom is 0.221 e. The van der Waals surface area contributed by atoms with E-state index in [2.05, 4.69) is 15.2 Å². The first-order chi connectivity index (χ1) is 15.7. The predicted octanol–water partition coefficient (Wildman–Crippen LogP) is 4.30. The molecule has 6 heteroatoms. The topological polar surface area (TPSA) is 54.5 Å². The molecule has 1 atom stereocenters. The number of nitrogens with zero attached hydrogens (tertiary/aromatic N) is 2. The molecular formula is C26H28FN3O2. The number of rotatable bonds is 8. The van der Waals surface area contributed by atoms with E-state index in [1.165, 1.54) is 11.6 Å². The van der Waals surface area contributed by atoms with Crippen LogP contribution in [0.4, 0.5) is 4.39 Å². The number of pyridine rings is 1. The van der Waals surface area contributed by atoms with Crippen LogP contribution in [0.1, 0.15) is 35.6 Å². The third-order valence-electron chi connectivity index (χ3n) is 5.68. The summed E-state index contributed by atoms with van der Waals surface area (Å²) in [4.78, 5) is 18.6. The van der Waals surface area contributed by atoms with E-state index in [0.717, 1.165) is 24.2 Å². The first kappa shape index (κ1) is 22.0. The Morgan fingerprint density at radius 1 is 1.09 bits per heavy atom. The first-order valence-electron chi connectivity index (χ1n) is 11.1. The molecule has 2 heterocycles. The van der Waals surface area contributed by atoms with Gasteiger partial charge in [-0.2, -0.15) is 0 Å². The van der Waals surface area contributed by atoms with Gasteiger partial charge in [0.15, 0.2) is 0 Å². The van der Waals surface area contributed by atoms with Crippen LogP contribution in [-0.4, -0.2) is 35.4 Å². The van der Waals surface area contributed by atoms with Gasteiger partial charge in [0.2, 0.25) is 5.91 Å². The summed E-state index contributed by atoms with van der Waals surface area (Å²) in [6.45, 7) is 2.41. The van der Waals surface area contributed by atoms with Gasteiger partial charge in [0.1, 0.15) is 17.7 Å². The zero-order valence-electron chi connectivity index (χ0n) is 18.0. The Morgan fingerprint density at radius 2 is 1.88 bits per heavy atom. The second kappa shape index (κ2) is 10.9. The molecule has 0 aliphatic carbocycles. The molecule has 1 N–H and O–H groups in total. The number of hydrogen-bond acceptors (Lipinski definition) is 4. The second-order valence-corrected chi connectivity index (χ2v) is 8.03. The Balaban J connectivity index is 1.32. The van der Waals surface area contributed by atoms with Gasteiger partial charge in [0, 0.05) is 56.1 Å². The van der Waals surface area contributed by atoms with Crippen molar-refractivity contribution in [3.63, 3.8) is 0 Å². The normalized spacial score (nSPS) is 16.0. The molecule has 5 nitrogen and oxygen atoms in total. The minimum atomic E-state index is -0.428. The van der Waals surface area contributed by atoms with Crippen molar-refractivity contribution < 1.29 is 13.9 Å². The number of carbonyl (C=O) groups is 1. The van der Waals surface area contributed by atoms with Crippen LogP contribution >= 0.6 is 0 Å². The number of aromatic nitrogens is 1. The molecule has 0 bridgehead atoms. The summed E-state index contributed by atoms with van der Waals surface area (Å²) < 4.78 is 20.6. The van der Waals surface area contributed by atoms with Gasteiger partial charge in [-0.3, -0.25) is 14.7 Å². The van der Waals surface area contributed by atoms with Crippen molar-refractivity contribution in [1.82, 2.24) is 15.2 Å². The molecular weight excluding hydrogens is 405 g/mol. The van der Waals surface area contributed by atoms with E-state index in [4.69, 9.17) is 4.74 Å². The Kier molecular flexibility index (Phi) is 7.46. The molecule has 1 aliphatic rings.